The van der Waals surface area contributed by atoms with Crippen LogP contribution in [-0.2, 0) is 22.5 Å². The molecule has 1 aliphatic carbocycles. The second-order valence-electron chi connectivity index (χ2n) is 12.4. The Bertz CT molecular complexity index is 1650. The molecule has 3 heterocycles. The van der Waals surface area contributed by atoms with E-state index in [0.29, 0.717) is 45.6 Å². The van der Waals surface area contributed by atoms with Gasteiger partial charge in [0.2, 0.25) is 5.91 Å². The molecule has 44 heavy (non-hydrogen) atoms. The molecule has 2 aromatic heterocycles. The third-order valence-corrected chi connectivity index (χ3v) is 9.71. The smallest absolute Gasteiger partial charge is 0.223 e. The fourth-order valence-corrected chi connectivity index (χ4v) is 7.02. The van der Waals surface area contributed by atoms with E-state index in [9.17, 15) is 9.18 Å². The van der Waals surface area contributed by atoms with Crippen LogP contribution in [-0.4, -0.2) is 49.0 Å². The Balaban J connectivity index is 1.10. The maximum absolute atomic E-state index is 15.2. The van der Waals surface area contributed by atoms with Crippen molar-refractivity contribution in [3.63, 3.8) is 0 Å². The van der Waals surface area contributed by atoms with Gasteiger partial charge in [-0.15, -0.1) is 21.5 Å². The van der Waals surface area contributed by atoms with Crippen molar-refractivity contribution in [3.8, 4) is 28.3 Å². The van der Waals surface area contributed by atoms with Gasteiger partial charge in [0, 0.05) is 41.6 Å². The molecule has 0 bridgehead atoms. The third kappa shape index (κ3) is 6.77. The summed E-state index contributed by atoms with van der Waals surface area (Å²) in [5.41, 5.74) is 5.05. The average molecular weight is 621 g/mol. The summed E-state index contributed by atoms with van der Waals surface area (Å²) in [6.45, 7) is 7.42. The molecule has 1 amide bonds. The molecule has 2 N–H and O–H groups in total. The lowest BCUT2D eigenvalue weighted by atomic mass is 9.73. The van der Waals surface area contributed by atoms with Gasteiger partial charge >= 0.3 is 0 Å². The first-order valence-electron chi connectivity index (χ1n) is 15.3. The van der Waals surface area contributed by atoms with E-state index in [0.717, 1.165) is 50.8 Å². The van der Waals surface area contributed by atoms with E-state index in [-0.39, 0.29) is 36.6 Å². The molecule has 10 heteroatoms. The lowest BCUT2D eigenvalue weighted by Crippen LogP contribution is -2.36. The van der Waals surface area contributed by atoms with Gasteiger partial charge in [-0.05, 0) is 73.4 Å². The predicted octanol–water partition coefficient (Wildman–Crippen LogP) is 6.68. The zero-order valence-corrected chi connectivity index (χ0v) is 26.0. The molecule has 0 atom stereocenters. The lowest BCUT2D eigenvalue weighted by Gasteiger charge is -2.33. The Morgan fingerprint density at radius 3 is 2.70 bits per heavy atom. The quantitative estimate of drug-likeness (QED) is 0.193. The molecule has 232 valence electrons. The highest BCUT2D eigenvalue weighted by Crippen LogP contribution is 2.41. The number of fused-ring (bicyclic) bond motifs is 2. The summed E-state index contributed by atoms with van der Waals surface area (Å²) < 4.78 is 41.8. The minimum Gasteiger partial charge on any atom is -0.490 e. The van der Waals surface area contributed by atoms with Crippen LogP contribution >= 0.6 is 11.3 Å². The van der Waals surface area contributed by atoms with Gasteiger partial charge in [0.25, 0.3) is 0 Å². The van der Waals surface area contributed by atoms with E-state index in [2.05, 4.69) is 46.8 Å². The molecule has 2 aliphatic rings. The molecule has 0 radical (unpaired) electrons. The molecule has 6 rings (SSSR count). The van der Waals surface area contributed by atoms with Gasteiger partial charge in [-0.1, -0.05) is 26.0 Å². The minimum absolute atomic E-state index is 0.0775. The number of carbonyl (C=O) groups is 1. The largest absolute Gasteiger partial charge is 0.490 e. The molecular formula is C34H38F2N4O3S. The highest BCUT2D eigenvalue weighted by atomic mass is 32.1. The SMILES string of the molecule is CC1(C)CCC(C(=O)NCCOCCOc2cc(F)ccc2-c2nnc(-c3ccc4c(c3)CCNC4)c3c(F)csc23)CC1. The Hall–Kier alpha value is -3.47. The highest BCUT2D eigenvalue weighted by molar-refractivity contribution is 7.17. The molecule has 1 fully saturated rings. The van der Waals surface area contributed by atoms with Gasteiger partial charge in [-0.2, -0.15) is 0 Å². The van der Waals surface area contributed by atoms with Crippen LogP contribution in [0.3, 0.4) is 0 Å². The zero-order chi connectivity index (χ0) is 30.7. The summed E-state index contributed by atoms with van der Waals surface area (Å²) in [7, 11) is 0. The van der Waals surface area contributed by atoms with Gasteiger partial charge < -0.3 is 20.1 Å². The normalized spacial score (nSPS) is 16.5. The van der Waals surface area contributed by atoms with Gasteiger partial charge in [0.1, 0.15) is 35.4 Å². The van der Waals surface area contributed by atoms with Crippen LogP contribution in [0.1, 0.15) is 50.7 Å². The number of amides is 1. The van der Waals surface area contributed by atoms with Crippen molar-refractivity contribution >= 4 is 27.3 Å². The van der Waals surface area contributed by atoms with Crippen LogP contribution in [0.4, 0.5) is 8.78 Å². The Morgan fingerprint density at radius 1 is 1.05 bits per heavy atom. The van der Waals surface area contributed by atoms with Gasteiger partial charge in [-0.3, -0.25) is 4.79 Å². The average Bonchev–Trinajstić information content (AvgIpc) is 3.41. The number of rotatable bonds is 10. The lowest BCUT2D eigenvalue weighted by molar-refractivity contribution is -0.126. The number of hydrogen-bond donors (Lipinski definition) is 2. The third-order valence-electron chi connectivity index (χ3n) is 8.75. The maximum atomic E-state index is 15.2. The molecule has 1 aliphatic heterocycles. The van der Waals surface area contributed by atoms with Crippen LogP contribution in [0.25, 0.3) is 32.6 Å². The van der Waals surface area contributed by atoms with Crippen LogP contribution in [0, 0.1) is 23.0 Å². The first-order valence-corrected chi connectivity index (χ1v) is 16.2. The Labute approximate surface area is 260 Å². The van der Waals surface area contributed by atoms with Crippen molar-refractivity contribution in [2.24, 2.45) is 11.3 Å². The molecule has 4 aromatic rings. The topological polar surface area (TPSA) is 85.4 Å². The number of nitrogens with zero attached hydrogens (tertiary/aromatic N) is 2. The van der Waals surface area contributed by atoms with E-state index in [1.807, 2.05) is 6.07 Å². The zero-order valence-electron chi connectivity index (χ0n) is 25.2. The summed E-state index contributed by atoms with van der Waals surface area (Å²) in [6, 6.07) is 10.3. The number of hydrogen-bond acceptors (Lipinski definition) is 7. The van der Waals surface area contributed by atoms with Crippen LogP contribution in [0.15, 0.2) is 41.8 Å². The van der Waals surface area contributed by atoms with Crippen molar-refractivity contribution in [2.75, 3.05) is 32.9 Å². The fourth-order valence-electron chi connectivity index (χ4n) is 6.11. The molecule has 7 nitrogen and oxygen atoms in total. The van der Waals surface area contributed by atoms with Gasteiger partial charge in [0.15, 0.2) is 0 Å². The maximum Gasteiger partial charge on any atom is 0.223 e. The predicted molar refractivity (Wildman–Crippen MR) is 169 cm³/mol. The number of aromatic nitrogens is 2. The summed E-state index contributed by atoms with van der Waals surface area (Å²) in [4.78, 5) is 12.5. The van der Waals surface area contributed by atoms with Crippen LogP contribution < -0.4 is 15.4 Å². The Kier molecular flexibility index (Phi) is 9.21. The van der Waals surface area contributed by atoms with E-state index in [1.54, 1.807) is 6.07 Å². The summed E-state index contributed by atoms with van der Waals surface area (Å²) in [5, 5.41) is 17.2. The first kappa shape index (κ1) is 30.6. The fraction of sp³-hybridized carbons (Fsp3) is 0.441. The molecule has 0 saturated heterocycles. The van der Waals surface area contributed by atoms with Crippen LogP contribution in [0.2, 0.25) is 0 Å². The van der Waals surface area contributed by atoms with E-state index < -0.39 is 5.82 Å². The number of halogens is 2. The number of carbonyl (C=O) groups excluding carboxylic acids is 1. The van der Waals surface area contributed by atoms with Crippen molar-refractivity contribution in [1.82, 2.24) is 20.8 Å². The van der Waals surface area contributed by atoms with Crippen LogP contribution in [0.5, 0.6) is 5.75 Å². The standard InChI is InChI=1S/C34H38F2N4O3S/c1-34(2)10-7-21(8-11-34)33(41)38-13-14-42-15-16-43-28-18-25(35)5-6-26(28)31-32-29(27(36)20-44-32)30(39-40-31)23-3-4-24-19-37-12-9-22(24)17-23/h3-6,17-18,20-21,37H,7-16,19H2,1-2H3,(H,38,41). The molecule has 0 spiro atoms. The number of ether oxygens (including phenoxy) is 2. The van der Waals surface area contributed by atoms with E-state index in [4.69, 9.17) is 9.47 Å². The molecular weight excluding hydrogens is 582 g/mol. The molecule has 2 aromatic carbocycles. The molecule has 0 unspecified atom stereocenters. The molecule has 1 saturated carbocycles. The second-order valence-corrected chi connectivity index (χ2v) is 13.3. The minimum atomic E-state index is -0.458. The van der Waals surface area contributed by atoms with Crippen molar-refractivity contribution in [3.05, 3.63) is 64.5 Å². The highest BCUT2D eigenvalue weighted by Gasteiger charge is 2.30. The number of benzene rings is 2. The van der Waals surface area contributed by atoms with Gasteiger partial charge in [0.05, 0.1) is 23.3 Å². The summed E-state index contributed by atoms with van der Waals surface area (Å²) in [5.74, 6) is -0.375. The van der Waals surface area contributed by atoms with Gasteiger partial charge in [-0.25, -0.2) is 8.78 Å². The second kappa shape index (κ2) is 13.3. The Morgan fingerprint density at radius 2 is 1.86 bits per heavy atom. The van der Waals surface area contributed by atoms with E-state index >= 15 is 4.39 Å². The van der Waals surface area contributed by atoms with Crippen molar-refractivity contribution < 1.29 is 23.0 Å². The summed E-state index contributed by atoms with van der Waals surface area (Å²) in [6.07, 6.45) is 4.88. The monoisotopic (exact) mass is 620 g/mol. The van der Waals surface area contributed by atoms with E-state index in [1.165, 1.54) is 40.0 Å². The van der Waals surface area contributed by atoms with Crippen molar-refractivity contribution in [2.45, 2.75) is 52.5 Å². The van der Waals surface area contributed by atoms with Crippen molar-refractivity contribution in [1.29, 1.82) is 0 Å². The summed E-state index contributed by atoms with van der Waals surface area (Å²) >= 11 is 1.24. The number of thiophene rings is 1. The number of nitrogens with one attached hydrogen (secondary N) is 2. The first-order chi connectivity index (χ1) is 21.3.